The lowest BCUT2D eigenvalue weighted by atomic mass is 9.98. The number of carbonyl (C=O) groups is 2. The molecular weight excluding hydrogens is 272 g/mol. The minimum absolute atomic E-state index is 0.0233. The second-order valence-electron chi connectivity index (χ2n) is 5.74. The van der Waals surface area contributed by atoms with Crippen LogP contribution in [-0.2, 0) is 21.3 Å². The highest BCUT2D eigenvalue weighted by Gasteiger charge is 2.31. The van der Waals surface area contributed by atoms with Crippen LogP contribution >= 0.6 is 0 Å². The summed E-state index contributed by atoms with van der Waals surface area (Å²) in [5.41, 5.74) is 0.755. The third kappa shape index (κ3) is 3.06. The van der Waals surface area contributed by atoms with E-state index in [1.807, 2.05) is 0 Å². The summed E-state index contributed by atoms with van der Waals surface area (Å²) < 4.78 is 12.6. The smallest absolute Gasteiger partial charge is 0.200 e. The molecule has 0 aromatic carbocycles. The summed E-state index contributed by atoms with van der Waals surface area (Å²) in [5, 5.41) is 0. The van der Waals surface area contributed by atoms with E-state index in [1.54, 1.807) is 17.8 Å². The standard InChI is InChI=1S/C15H20N2O4/c1-17-12(15-20-6-7-21-15)8-16-14(17)13(19)5-4-11(9-18)10-2-3-10/h8-11,15H,2-7H2,1H3/t11-/m0/s1. The van der Waals surface area contributed by atoms with E-state index in [-0.39, 0.29) is 11.7 Å². The average molecular weight is 292 g/mol. The largest absolute Gasteiger partial charge is 0.345 e. The minimum Gasteiger partial charge on any atom is -0.345 e. The highest BCUT2D eigenvalue weighted by atomic mass is 16.7. The summed E-state index contributed by atoms with van der Waals surface area (Å²) in [6.45, 7) is 1.11. The second kappa shape index (κ2) is 6.07. The molecule has 0 radical (unpaired) electrons. The molecule has 6 nitrogen and oxygen atoms in total. The van der Waals surface area contributed by atoms with Crippen LogP contribution in [0.15, 0.2) is 6.20 Å². The van der Waals surface area contributed by atoms with Gasteiger partial charge < -0.3 is 18.8 Å². The zero-order valence-corrected chi connectivity index (χ0v) is 12.2. The quantitative estimate of drug-likeness (QED) is 0.564. The Labute approximate surface area is 123 Å². The van der Waals surface area contributed by atoms with Crippen molar-refractivity contribution < 1.29 is 19.1 Å². The Balaban J connectivity index is 1.62. The number of hydrogen-bond acceptors (Lipinski definition) is 5. The number of rotatable bonds is 7. The maximum atomic E-state index is 12.3. The Morgan fingerprint density at radius 1 is 1.48 bits per heavy atom. The highest BCUT2D eigenvalue weighted by molar-refractivity contribution is 5.93. The van der Waals surface area contributed by atoms with Gasteiger partial charge in [-0.15, -0.1) is 0 Å². The molecule has 2 aliphatic rings. The Kier molecular flexibility index (Phi) is 4.17. The first kappa shape index (κ1) is 14.4. The third-order valence-electron chi connectivity index (χ3n) is 4.24. The number of ketones is 1. The van der Waals surface area contributed by atoms with Gasteiger partial charge in [0, 0.05) is 19.4 Å². The molecule has 2 fully saturated rings. The van der Waals surface area contributed by atoms with Crippen molar-refractivity contribution in [3.8, 4) is 0 Å². The number of hydrogen-bond donors (Lipinski definition) is 0. The summed E-state index contributed by atoms with van der Waals surface area (Å²) in [6.07, 6.45) is 5.39. The summed E-state index contributed by atoms with van der Waals surface area (Å²) in [6, 6.07) is 0. The Morgan fingerprint density at radius 2 is 2.19 bits per heavy atom. The number of Topliss-reactive ketones (excluding diaryl/α,β-unsaturated/α-hetero) is 1. The third-order valence-corrected chi connectivity index (χ3v) is 4.24. The van der Waals surface area contributed by atoms with Crippen LogP contribution < -0.4 is 0 Å². The van der Waals surface area contributed by atoms with Crippen molar-refractivity contribution in [1.29, 1.82) is 0 Å². The van der Waals surface area contributed by atoms with E-state index < -0.39 is 6.29 Å². The molecule has 0 amide bonds. The van der Waals surface area contributed by atoms with Gasteiger partial charge in [-0.3, -0.25) is 4.79 Å². The number of carbonyl (C=O) groups excluding carboxylic acids is 2. The molecule has 1 aromatic heterocycles. The van der Waals surface area contributed by atoms with Gasteiger partial charge in [0.15, 0.2) is 11.6 Å². The van der Waals surface area contributed by atoms with Crippen molar-refractivity contribution in [2.75, 3.05) is 13.2 Å². The fourth-order valence-corrected chi connectivity index (χ4v) is 2.78. The van der Waals surface area contributed by atoms with Gasteiger partial charge in [0.1, 0.15) is 6.29 Å². The maximum absolute atomic E-state index is 12.3. The Bertz CT molecular complexity index is 530. The molecule has 1 saturated heterocycles. The zero-order chi connectivity index (χ0) is 14.8. The van der Waals surface area contributed by atoms with Crippen LogP contribution in [0.5, 0.6) is 0 Å². The lowest BCUT2D eigenvalue weighted by molar-refractivity contribution is -0.111. The van der Waals surface area contributed by atoms with Crippen LogP contribution in [0, 0.1) is 11.8 Å². The van der Waals surface area contributed by atoms with Gasteiger partial charge in [-0.05, 0) is 25.2 Å². The lowest BCUT2D eigenvalue weighted by Crippen LogP contribution is -2.14. The molecule has 1 aliphatic carbocycles. The van der Waals surface area contributed by atoms with Crippen LogP contribution in [0.25, 0.3) is 0 Å². The summed E-state index contributed by atoms with van der Waals surface area (Å²) in [7, 11) is 1.79. The van der Waals surface area contributed by atoms with Crippen molar-refractivity contribution in [1.82, 2.24) is 9.55 Å². The van der Waals surface area contributed by atoms with Gasteiger partial charge in [0.05, 0.1) is 25.1 Å². The maximum Gasteiger partial charge on any atom is 0.200 e. The molecule has 6 heteroatoms. The molecule has 0 bridgehead atoms. The SMILES string of the molecule is Cn1c(C2OCCO2)cnc1C(=O)CC[C@@H](C=O)C1CC1. The predicted molar refractivity (Wildman–Crippen MR) is 73.7 cm³/mol. The number of aromatic nitrogens is 2. The molecule has 114 valence electrons. The minimum atomic E-state index is -0.432. The van der Waals surface area contributed by atoms with Crippen molar-refractivity contribution in [3.63, 3.8) is 0 Å². The van der Waals surface area contributed by atoms with Crippen molar-refractivity contribution in [2.45, 2.75) is 32.0 Å². The normalized spacial score (nSPS) is 20.6. The second-order valence-corrected chi connectivity index (χ2v) is 5.74. The molecule has 1 aliphatic heterocycles. The topological polar surface area (TPSA) is 70.4 Å². The van der Waals surface area contributed by atoms with Gasteiger partial charge in [-0.2, -0.15) is 0 Å². The van der Waals surface area contributed by atoms with E-state index in [4.69, 9.17) is 9.47 Å². The van der Waals surface area contributed by atoms with Crippen LogP contribution in [0.3, 0.4) is 0 Å². The van der Waals surface area contributed by atoms with Crippen LogP contribution in [0.1, 0.15) is 48.3 Å². The van der Waals surface area contributed by atoms with E-state index in [9.17, 15) is 9.59 Å². The van der Waals surface area contributed by atoms with Crippen molar-refractivity contribution >= 4 is 12.1 Å². The first-order valence-corrected chi connectivity index (χ1v) is 7.44. The predicted octanol–water partition coefficient (Wildman–Crippen LogP) is 1.65. The number of ether oxygens (including phenoxy) is 2. The van der Waals surface area contributed by atoms with Crippen LogP contribution in [-0.4, -0.2) is 34.8 Å². The van der Waals surface area contributed by atoms with E-state index in [2.05, 4.69) is 4.98 Å². The molecule has 1 aromatic rings. The monoisotopic (exact) mass is 292 g/mol. The first-order valence-electron chi connectivity index (χ1n) is 7.44. The van der Waals surface area contributed by atoms with Crippen LogP contribution in [0.4, 0.5) is 0 Å². The molecule has 21 heavy (non-hydrogen) atoms. The molecule has 1 atom stereocenters. The summed E-state index contributed by atoms with van der Waals surface area (Å²) in [4.78, 5) is 27.5. The molecule has 0 spiro atoms. The van der Waals surface area contributed by atoms with E-state index in [0.29, 0.717) is 37.8 Å². The molecule has 3 rings (SSSR count). The number of nitrogens with zero attached hydrogens (tertiary/aromatic N) is 2. The van der Waals surface area contributed by atoms with E-state index >= 15 is 0 Å². The summed E-state index contributed by atoms with van der Waals surface area (Å²) in [5.74, 6) is 0.890. The Hall–Kier alpha value is -1.53. The van der Waals surface area contributed by atoms with Gasteiger partial charge >= 0.3 is 0 Å². The van der Waals surface area contributed by atoms with E-state index in [0.717, 1.165) is 24.8 Å². The molecule has 0 unspecified atom stereocenters. The fraction of sp³-hybridized carbons (Fsp3) is 0.667. The fourth-order valence-electron chi connectivity index (χ4n) is 2.78. The van der Waals surface area contributed by atoms with Gasteiger partial charge in [0.25, 0.3) is 0 Å². The summed E-state index contributed by atoms with van der Waals surface area (Å²) >= 11 is 0. The zero-order valence-electron chi connectivity index (χ0n) is 12.2. The van der Waals surface area contributed by atoms with Gasteiger partial charge in [-0.1, -0.05) is 0 Å². The molecule has 2 heterocycles. The number of aldehydes is 1. The molecule has 0 N–H and O–H groups in total. The van der Waals surface area contributed by atoms with Crippen molar-refractivity contribution in [3.05, 3.63) is 17.7 Å². The number of imidazole rings is 1. The van der Waals surface area contributed by atoms with Crippen molar-refractivity contribution in [2.24, 2.45) is 18.9 Å². The first-order chi connectivity index (χ1) is 10.2. The lowest BCUT2D eigenvalue weighted by Gasteiger charge is -2.11. The average Bonchev–Trinajstić information content (AvgIpc) is 3.03. The van der Waals surface area contributed by atoms with Gasteiger partial charge in [0.2, 0.25) is 6.29 Å². The van der Waals surface area contributed by atoms with E-state index in [1.165, 1.54) is 0 Å². The van der Waals surface area contributed by atoms with Crippen LogP contribution in [0.2, 0.25) is 0 Å². The Morgan fingerprint density at radius 3 is 2.81 bits per heavy atom. The molecular formula is C15H20N2O4. The molecule has 1 saturated carbocycles. The highest BCUT2D eigenvalue weighted by Crippen LogP contribution is 2.38. The van der Waals surface area contributed by atoms with Gasteiger partial charge in [-0.25, -0.2) is 4.98 Å².